The Morgan fingerprint density at radius 2 is 1.62 bits per heavy atom. The molecule has 1 aromatic carbocycles. The molecule has 2 heterocycles. The first kappa shape index (κ1) is 38.2. The Morgan fingerprint density at radius 1 is 0.936 bits per heavy atom. The average molecular weight is 669 g/mol. The summed E-state index contributed by atoms with van der Waals surface area (Å²) in [6.45, 7) is 5.06. The number of carbonyl (C=O) groups is 1. The highest BCUT2D eigenvalue weighted by molar-refractivity contribution is 7.59. The second-order valence-corrected chi connectivity index (χ2v) is 14.9. The van der Waals surface area contributed by atoms with Crippen molar-refractivity contribution in [2.45, 2.75) is 123 Å². The minimum Gasteiger partial charge on any atom is -0.441 e. The molecule has 11 heteroatoms. The van der Waals surface area contributed by atoms with Crippen molar-refractivity contribution in [3.63, 3.8) is 0 Å². The van der Waals surface area contributed by atoms with Gasteiger partial charge in [0.2, 0.25) is 5.91 Å². The van der Waals surface area contributed by atoms with Crippen LogP contribution in [0.15, 0.2) is 55.1 Å². The molecule has 0 bridgehead atoms. The third-order valence-corrected chi connectivity index (χ3v) is 10.2. The summed E-state index contributed by atoms with van der Waals surface area (Å²) in [6, 6.07) is 9.14. The Balaban J connectivity index is 1.29. The fourth-order valence-corrected chi connectivity index (χ4v) is 7.31. The zero-order valence-electron chi connectivity index (χ0n) is 28.7. The second kappa shape index (κ2) is 22.4. The summed E-state index contributed by atoms with van der Waals surface area (Å²) in [7, 11) is -3.20. The lowest BCUT2D eigenvalue weighted by molar-refractivity contribution is -0.121. The topological polar surface area (TPSA) is 134 Å². The number of unbranched alkanes of at least 4 members (excludes halogenated alkanes) is 11. The first-order valence-electron chi connectivity index (χ1n) is 17.7. The van der Waals surface area contributed by atoms with E-state index in [1.54, 1.807) is 18.5 Å². The Morgan fingerprint density at radius 3 is 2.34 bits per heavy atom. The Bertz CT molecular complexity index is 1370. The number of nitrogens with zero attached hydrogens (tertiary/aromatic N) is 4. The number of amides is 1. The average Bonchev–Trinajstić information content (AvgIpc) is 3.48. The van der Waals surface area contributed by atoms with Crippen LogP contribution in [0.3, 0.4) is 0 Å². The van der Waals surface area contributed by atoms with E-state index in [9.17, 15) is 9.36 Å². The van der Waals surface area contributed by atoms with E-state index in [4.69, 9.17) is 15.0 Å². The number of hydrogen-bond acceptors (Lipinski definition) is 8. The first-order valence-corrected chi connectivity index (χ1v) is 19.7. The molecule has 260 valence electrons. The van der Waals surface area contributed by atoms with Crippen molar-refractivity contribution in [3.05, 3.63) is 55.1 Å². The van der Waals surface area contributed by atoms with Gasteiger partial charge in [0.15, 0.2) is 11.5 Å². The minimum absolute atomic E-state index is 0.0447. The minimum atomic E-state index is -3.20. The Labute approximate surface area is 281 Å². The molecule has 0 saturated carbocycles. The number of allylic oxidation sites excluding steroid dienone is 2. The molecule has 10 nitrogen and oxygen atoms in total. The third-order valence-electron chi connectivity index (χ3n) is 8.12. The van der Waals surface area contributed by atoms with Gasteiger partial charge in [0, 0.05) is 19.1 Å². The lowest BCUT2D eigenvalue weighted by atomic mass is 10.1. The summed E-state index contributed by atoms with van der Waals surface area (Å²) < 4.78 is 27.8. The van der Waals surface area contributed by atoms with Crippen molar-refractivity contribution >= 4 is 30.3 Å². The molecular formula is C36H57N6O4P. The molecule has 0 radical (unpaired) electrons. The monoisotopic (exact) mass is 668 g/mol. The van der Waals surface area contributed by atoms with E-state index in [0.717, 1.165) is 25.7 Å². The summed E-state index contributed by atoms with van der Waals surface area (Å²) in [4.78, 5) is 25.0. The summed E-state index contributed by atoms with van der Waals surface area (Å²) in [6.07, 6.45) is 24.8. The molecule has 0 spiro atoms. The number of imidazole rings is 1. The first-order chi connectivity index (χ1) is 22.9. The van der Waals surface area contributed by atoms with Crippen LogP contribution in [0.4, 0.5) is 5.82 Å². The molecule has 0 aliphatic heterocycles. The number of carbonyl (C=O) groups excluding carboxylic acids is 1. The number of aromatic nitrogens is 4. The number of benzene rings is 1. The molecule has 0 fully saturated rings. The van der Waals surface area contributed by atoms with Gasteiger partial charge in [-0.2, -0.15) is 0 Å². The molecule has 2 atom stereocenters. The predicted molar refractivity (Wildman–Crippen MR) is 192 cm³/mol. The van der Waals surface area contributed by atoms with Crippen LogP contribution in [-0.4, -0.2) is 50.6 Å². The quantitative estimate of drug-likeness (QED) is 0.0493. The summed E-state index contributed by atoms with van der Waals surface area (Å²) in [5.74, 6) is 0.902. The number of nitrogens with two attached hydrogens (primary N) is 1. The number of rotatable bonds is 26. The molecule has 0 saturated heterocycles. The van der Waals surface area contributed by atoms with Crippen LogP contribution in [0.1, 0.15) is 110 Å². The van der Waals surface area contributed by atoms with Gasteiger partial charge in [-0.3, -0.25) is 9.36 Å². The summed E-state index contributed by atoms with van der Waals surface area (Å²) in [5, 5.41) is 2.99. The van der Waals surface area contributed by atoms with E-state index in [1.165, 1.54) is 64.1 Å². The molecular weight excluding hydrogens is 611 g/mol. The summed E-state index contributed by atoms with van der Waals surface area (Å²) >= 11 is 0. The molecule has 0 aliphatic rings. The zero-order chi connectivity index (χ0) is 33.6. The molecule has 3 rings (SSSR count). The maximum atomic E-state index is 13.9. The molecule has 47 heavy (non-hydrogen) atoms. The van der Waals surface area contributed by atoms with E-state index in [-0.39, 0.29) is 18.4 Å². The van der Waals surface area contributed by atoms with Gasteiger partial charge in [0.05, 0.1) is 19.0 Å². The van der Waals surface area contributed by atoms with Crippen LogP contribution in [0, 0.1) is 0 Å². The van der Waals surface area contributed by atoms with E-state index in [0.29, 0.717) is 54.8 Å². The van der Waals surface area contributed by atoms with Crippen LogP contribution in [0.2, 0.25) is 0 Å². The SMILES string of the molecule is CCCCCCCC/C=C\CCCCCCCC(=O)NCCCP(=O)(CO[C@H](C)Cn1cnc2c(N)ncnc21)Oc1ccccc1. The smallest absolute Gasteiger partial charge is 0.272 e. The highest BCUT2D eigenvalue weighted by atomic mass is 31.2. The van der Waals surface area contributed by atoms with Crippen molar-refractivity contribution < 1.29 is 18.6 Å². The van der Waals surface area contributed by atoms with Gasteiger partial charge < -0.3 is 24.9 Å². The molecule has 3 N–H and O–H groups in total. The van der Waals surface area contributed by atoms with Crippen molar-refractivity contribution in [2.24, 2.45) is 0 Å². The molecule has 0 aliphatic carbocycles. The van der Waals surface area contributed by atoms with Gasteiger partial charge in [-0.05, 0) is 57.6 Å². The second-order valence-electron chi connectivity index (χ2n) is 12.4. The maximum absolute atomic E-state index is 13.9. The van der Waals surface area contributed by atoms with Crippen molar-refractivity contribution in [1.82, 2.24) is 24.8 Å². The lowest BCUT2D eigenvalue weighted by Gasteiger charge is -2.22. The van der Waals surface area contributed by atoms with Gasteiger partial charge in [0.1, 0.15) is 23.9 Å². The fourth-order valence-electron chi connectivity index (χ4n) is 5.41. The molecule has 1 unspecified atom stereocenters. The van der Waals surface area contributed by atoms with Crippen LogP contribution < -0.4 is 15.6 Å². The predicted octanol–water partition coefficient (Wildman–Crippen LogP) is 8.67. The molecule has 1 amide bonds. The van der Waals surface area contributed by atoms with Gasteiger partial charge in [-0.25, -0.2) is 15.0 Å². The highest BCUT2D eigenvalue weighted by Crippen LogP contribution is 2.47. The van der Waals surface area contributed by atoms with Gasteiger partial charge >= 0.3 is 0 Å². The Kier molecular flexibility index (Phi) is 18.2. The van der Waals surface area contributed by atoms with Gasteiger partial charge in [-0.15, -0.1) is 0 Å². The van der Waals surface area contributed by atoms with Crippen molar-refractivity contribution in [3.8, 4) is 5.75 Å². The number of nitrogens with one attached hydrogen (secondary N) is 1. The number of fused-ring (bicyclic) bond motifs is 1. The van der Waals surface area contributed by atoms with Gasteiger partial charge in [0.25, 0.3) is 7.37 Å². The van der Waals surface area contributed by atoms with Gasteiger partial charge in [-0.1, -0.05) is 88.6 Å². The number of hydrogen-bond donors (Lipinski definition) is 2. The van der Waals surface area contributed by atoms with Crippen LogP contribution in [0.5, 0.6) is 5.75 Å². The van der Waals surface area contributed by atoms with E-state index < -0.39 is 7.37 Å². The van der Waals surface area contributed by atoms with Crippen molar-refractivity contribution in [1.29, 1.82) is 0 Å². The number of anilines is 1. The largest absolute Gasteiger partial charge is 0.441 e. The zero-order valence-corrected chi connectivity index (χ0v) is 29.5. The maximum Gasteiger partial charge on any atom is 0.272 e. The van der Waals surface area contributed by atoms with Crippen LogP contribution in [-0.2, 0) is 20.6 Å². The van der Waals surface area contributed by atoms with E-state index >= 15 is 0 Å². The summed E-state index contributed by atoms with van der Waals surface area (Å²) in [5.41, 5.74) is 7.06. The Hall–Kier alpha value is -3.23. The fraction of sp³-hybridized carbons (Fsp3) is 0.611. The van der Waals surface area contributed by atoms with Crippen LogP contribution >= 0.6 is 7.37 Å². The lowest BCUT2D eigenvalue weighted by Crippen LogP contribution is -2.25. The number of para-hydroxylation sites is 1. The van der Waals surface area contributed by atoms with Crippen molar-refractivity contribution in [2.75, 3.05) is 24.8 Å². The highest BCUT2D eigenvalue weighted by Gasteiger charge is 2.26. The van der Waals surface area contributed by atoms with E-state index in [2.05, 4.69) is 39.3 Å². The molecule has 2 aromatic heterocycles. The number of ether oxygens (including phenoxy) is 1. The third kappa shape index (κ3) is 15.5. The van der Waals surface area contributed by atoms with E-state index in [1.807, 2.05) is 29.7 Å². The molecule has 3 aromatic rings. The standard InChI is InChI=1S/C36H57N6O4P/c1-3-4-5-6-7-8-9-10-11-12-13-14-15-16-20-24-33(43)38-25-21-26-47(44,46-32-22-18-17-19-23-32)30-45-31(2)27-42-29-41-34-35(37)39-28-40-36(34)42/h10-11,17-19,22-23,28-29,31H,3-9,12-16,20-21,24-27,30H2,1-2H3,(H,38,43)(H2,37,39,40)/b11-10-/t31-,47?/m1/s1. The normalized spacial score (nSPS) is 13.6. The number of nitrogen functional groups attached to an aromatic ring is 1. The van der Waals surface area contributed by atoms with Crippen LogP contribution in [0.25, 0.3) is 11.2 Å².